The molecule has 0 saturated heterocycles. The first-order chi connectivity index (χ1) is 8.47. The molecule has 0 saturated carbocycles. The van der Waals surface area contributed by atoms with E-state index in [-0.39, 0.29) is 5.56 Å². The van der Waals surface area contributed by atoms with Crippen LogP contribution in [0.25, 0.3) is 0 Å². The van der Waals surface area contributed by atoms with E-state index in [2.05, 4.69) is 0 Å². The Morgan fingerprint density at radius 1 is 1.06 bits per heavy atom. The van der Waals surface area contributed by atoms with Crippen molar-refractivity contribution < 1.29 is 9.50 Å². The third-order valence-electron chi connectivity index (χ3n) is 2.64. The molecule has 4 heteroatoms. The Morgan fingerprint density at radius 3 is 2.39 bits per heavy atom. The molecule has 0 aliphatic rings. The van der Waals surface area contributed by atoms with Crippen LogP contribution in [-0.4, -0.2) is 5.11 Å². The van der Waals surface area contributed by atoms with Gasteiger partial charge in [0.05, 0.1) is 0 Å². The van der Waals surface area contributed by atoms with Gasteiger partial charge in [0, 0.05) is 15.6 Å². The molecular formula is C14H11Cl2FO. The fourth-order valence-corrected chi connectivity index (χ4v) is 2.28. The van der Waals surface area contributed by atoms with Crippen LogP contribution in [0.1, 0.15) is 22.8 Å². The van der Waals surface area contributed by atoms with Gasteiger partial charge in [0.15, 0.2) is 0 Å². The van der Waals surface area contributed by atoms with Gasteiger partial charge >= 0.3 is 0 Å². The van der Waals surface area contributed by atoms with Crippen LogP contribution in [0, 0.1) is 12.7 Å². The summed E-state index contributed by atoms with van der Waals surface area (Å²) in [7, 11) is 0. The van der Waals surface area contributed by atoms with Crippen molar-refractivity contribution in [1.82, 2.24) is 0 Å². The van der Waals surface area contributed by atoms with Gasteiger partial charge < -0.3 is 5.11 Å². The molecular weight excluding hydrogens is 274 g/mol. The average Bonchev–Trinajstić information content (AvgIpc) is 2.26. The van der Waals surface area contributed by atoms with E-state index in [1.165, 1.54) is 12.1 Å². The Hall–Kier alpha value is -1.09. The number of benzene rings is 2. The fourth-order valence-electron chi connectivity index (χ4n) is 1.83. The maximum Gasteiger partial charge on any atom is 0.130 e. The summed E-state index contributed by atoms with van der Waals surface area (Å²) < 4.78 is 13.7. The van der Waals surface area contributed by atoms with Crippen LogP contribution in [0.3, 0.4) is 0 Å². The van der Waals surface area contributed by atoms with Gasteiger partial charge in [0.1, 0.15) is 11.9 Å². The first-order valence-corrected chi connectivity index (χ1v) is 6.13. The topological polar surface area (TPSA) is 20.2 Å². The number of halogens is 3. The summed E-state index contributed by atoms with van der Waals surface area (Å²) in [4.78, 5) is 0. The Bertz CT molecular complexity index is 564. The van der Waals surface area contributed by atoms with Crippen molar-refractivity contribution in [3.05, 3.63) is 69.0 Å². The minimum Gasteiger partial charge on any atom is -0.384 e. The van der Waals surface area contributed by atoms with Gasteiger partial charge in [0.25, 0.3) is 0 Å². The number of aryl methyl sites for hydroxylation is 1. The minimum absolute atomic E-state index is 0.182. The summed E-state index contributed by atoms with van der Waals surface area (Å²) in [5.74, 6) is -0.535. The van der Waals surface area contributed by atoms with E-state index < -0.39 is 11.9 Å². The van der Waals surface area contributed by atoms with E-state index >= 15 is 0 Å². The van der Waals surface area contributed by atoms with Gasteiger partial charge in [-0.3, -0.25) is 0 Å². The molecule has 1 unspecified atom stereocenters. The summed E-state index contributed by atoms with van der Waals surface area (Å²) in [5, 5.41) is 11.0. The summed E-state index contributed by atoms with van der Waals surface area (Å²) in [6.45, 7) is 1.86. The summed E-state index contributed by atoms with van der Waals surface area (Å²) in [6, 6.07) is 9.35. The maximum absolute atomic E-state index is 13.7. The molecule has 94 valence electrons. The van der Waals surface area contributed by atoms with Crippen LogP contribution in [0.5, 0.6) is 0 Å². The van der Waals surface area contributed by atoms with Crippen LogP contribution in [0.15, 0.2) is 36.4 Å². The van der Waals surface area contributed by atoms with Crippen LogP contribution in [-0.2, 0) is 0 Å². The molecule has 2 aromatic rings. The largest absolute Gasteiger partial charge is 0.384 e. The summed E-state index contributed by atoms with van der Waals surface area (Å²) in [5.41, 5.74) is 1.65. The molecule has 0 amide bonds. The molecule has 0 radical (unpaired) electrons. The van der Waals surface area contributed by atoms with Crippen molar-refractivity contribution in [3.8, 4) is 0 Å². The van der Waals surface area contributed by atoms with Gasteiger partial charge in [-0.05, 0) is 42.3 Å². The first kappa shape index (κ1) is 13.3. The van der Waals surface area contributed by atoms with Crippen molar-refractivity contribution in [1.29, 1.82) is 0 Å². The molecule has 0 fully saturated rings. The number of aliphatic hydroxyl groups excluding tert-OH is 1. The molecule has 0 bridgehead atoms. The predicted octanol–water partition coefficient (Wildman–Crippen LogP) is 4.52. The second kappa shape index (κ2) is 5.27. The molecule has 1 nitrogen and oxygen atoms in total. The zero-order valence-corrected chi connectivity index (χ0v) is 11.1. The van der Waals surface area contributed by atoms with Crippen molar-refractivity contribution >= 4 is 23.2 Å². The molecule has 18 heavy (non-hydrogen) atoms. The number of rotatable bonds is 2. The molecule has 0 aliphatic carbocycles. The zero-order chi connectivity index (χ0) is 13.3. The maximum atomic E-state index is 13.7. The number of hydrogen-bond acceptors (Lipinski definition) is 1. The van der Waals surface area contributed by atoms with Crippen molar-refractivity contribution in [2.45, 2.75) is 13.0 Å². The third-order valence-corrected chi connectivity index (χ3v) is 3.09. The fraction of sp³-hybridized carbons (Fsp3) is 0.143. The van der Waals surface area contributed by atoms with E-state index in [1.54, 1.807) is 24.3 Å². The van der Waals surface area contributed by atoms with E-state index in [1.807, 2.05) is 6.92 Å². The second-order valence-corrected chi connectivity index (χ2v) is 5.00. The zero-order valence-electron chi connectivity index (χ0n) is 9.62. The Morgan fingerprint density at radius 2 is 1.78 bits per heavy atom. The van der Waals surface area contributed by atoms with Gasteiger partial charge in [-0.15, -0.1) is 0 Å². The highest BCUT2D eigenvalue weighted by Crippen LogP contribution is 2.28. The number of aliphatic hydroxyl groups is 1. The highest BCUT2D eigenvalue weighted by molar-refractivity contribution is 6.31. The predicted molar refractivity (Wildman–Crippen MR) is 71.7 cm³/mol. The molecule has 0 heterocycles. The molecule has 0 aliphatic heterocycles. The lowest BCUT2D eigenvalue weighted by Gasteiger charge is -2.13. The second-order valence-electron chi connectivity index (χ2n) is 4.13. The van der Waals surface area contributed by atoms with Crippen LogP contribution in [0.2, 0.25) is 10.0 Å². The van der Waals surface area contributed by atoms with E-state index in [0.29, 0.717) is 15.6 Å². The smallest absolute Gasteiger partial charge is 0.130 e. The van der Waals surface area contributed by atoms with Crippen molar-refractivity contribution in [2.75, 3.05) is 0 Å². The van der Waals surface area contributed by atoms with Crippen molar-refractivity contribution in [3.63, 3.8) is 0 Å². The molecule has 1 N–H and O–H groups in total. The van der Waals surface area contributed by atoms with Crippen LogP contribution >= 0.6 is 23.2 Å². The molecule has 0 aromatic heterocycles. The summed E-state index contributed by atoms with van der Waals surface area (Å²) >= 11 is 11.6. The lowest BCUT2D eigenvalue weighted by atomic mass is 9.99. The highest BCUT2D eigenvalue weighted by Gasteiger charge is 2.16. The minimum atomic E-state index is -1.06. The summed E-state index contributed by atoms with van der Waals surface area (Å²) in [6.07, 6.45) is -1.06. The van der Waals surface area contributed by atoms with E-state index in [4.69, 9.17) is 23.2 Å². The third kappa shape index (κ3) is 2.83. The standard InChI is InChI=1S/C14H11Cl2FO/c1-8-4-9(6-11(16)5-8)14(18)12-3-2-10(15)7-13(12)17/h2-7,14,18H,1H3. The molecule has 2 aromatic carbocycles. The van der Waals surface area contributed by atoms with E-state index in [9.17, 15) is 9.50 Å². The number of hydrogen-bond donors (Lipinski definition) is 1. The SMILES string of the molecule is Cc1cc(Cl)cc(C(O)c2ccc(Cl)cc2F)c1. The first-order valence-electron chi connectivity index (χ1n) is 5.37. The average molecular weight is 285 g/mol. The lowest BCUT2D eigenvalue weighted by molar-refractivity contribution is 0.215. The monoisotopic (exact) mass is 284 g/mol. The van der Waals surface area contributed by atoms with Crippen molar-refractivity contribution in [2.24, 2.45) is 0 Å². The Labute approximate surface area is 115 Å². The van der Waals surface area contributed by atoms with Gasteiger partial charge in [-0.1, -0.05) is 35.3 Å². The highest BCUT2D eigenvalue weighted by atomic mass is 35.5. The Balaban J connectivity index is 2.44. The van der Waals surface area contributed by atoms with Crippen LogP contribution < -0.4 is 0 Å². The Kier molecular flexibility index (Phi) is 3.91. The normalized spacial score (nSPS) is 12.5. The molecule has 1 atom stereocenters. The van der Waals surface area contributed by atoms with E-state index in [0.717, 1.165) is 5.56 Å². The van der Waals surface area contributed by atoms with Gasteiger partial charge in [-0.2, -0.15) is 0 Å². The quantitative estimate of drug-likeness (QED) is 0.860. The molecule has 0 spiro atoms. The van der Waals surface area contributed by atoms with Crippen LogP contribution in [0.4, 0.5) is 4.39 Å². The van der Waals surface area contributed by atoms with Gasteiger partial charge in [0.2, 0.25) is 0 Å². The van der Waals surface area contributed by atoms with Gasteiger partial charge in [-0.25, -0.2) is 4.39 Å². The molecule has 2 rings (SSSR count). The lowest BCUT2D eigenvalue weighted by Crippen LogP contribution is -2.03.